The van der Waals surface area contributed by atoms with Gasteiger partial charge in [-0.15, -0.1) is 0 Å². The molecule has 1 fully saturated rings. The van der Waals surface area contributed by atoms with Gasteiger partial charge in [-0.05, 0) is 49.7 Å². The van der Waals surface area contributed by atoms with E-state index in [1.54, 1.807) is 12.1 Å². The summed E-state index contributed by atoms with van der Waals surface area (Å²) in [5.41, 5.74) is 1.34. The lowest BCUT2D eigenvalue weighted by Gasteiger charge is -2.41. The van der Waals surface area contributed by atoms with E-state index < -0.39 is 5.97 Å². The summed E-state index contributed by atoms with van der Waals surface area (Å²) in [6, 6.07) is 3.37. The van der Waals surface area contributed by atoms with Crippen molar-refractivity contribution in [2.24, 2.45) is 5.41 Å². The van der Waals surface area contributed by atoms with E-state index in [-0.39, 0.29) is 5.41 Å². The molecule has 0 aromatic carbocycles. The number of aromatic nitrogens is 3. The molecule has 0 amide bonds. The maximum atomic E-state index is 11.5. The molecule has 26 heavy (non-hydrogen) atoms. The Balaban J connectivity index is 1.75. The summed E-state index contributed by atoms with van der Waals surface area (Å²) in [4.78, 5) is 20.4. The van der Waals surface area contributed by atoms with Crippen molar-refractivity contribution in [3.8, 4) is 11.5 Å². The molecule has 1 aliphatic carbocycles. The Morgan fingerprint density at radius 1 is 1.23 bits per heavy atom. The Kier molecular flexibility index (Phi) is 5.12. The normalized spacial score (nSPS) is 25.8. The zero-order chi connectivity index (χ0) is 18.8. The van der Waals surface area contributed by atoms with Crippen LogP contribution < -0.4 is 0 Å². The van der Waals surface area contributed by atoms with Crippen LogP contribution in [0.2, 0.25) is 0 Å². The number of esters is 1. The van der Waals surface area contributed by atoms with Gasteiger partial charge in [-0.1, -0.05) is 32.3 Å². The van der Waals surface area contributed by atoms with Crippen LogP contribution in [0.3, 0.4) is 0 Å². The van der Waals surface area contributed by atoms with Gasteiger partial charge in [0.25, 0.3) is 0 Å². The van der Waals surface area contributed by atoms with E-state index in [1.165, 1.54) is 39.0 Å². The first-order valence-electron chi connectivity index (χ1n) is 9.28. The monoisotopic (exact) mass is 357 g/mol. The molecule has 2 aromatic heterocycles. The fourth-order valence-electron chi connectivity index (χ4n) is 3.81. The van der Waals surface area contributed by atoms with Gasteiger partial charge in [-0.2, -0.15) is 4.98 Å². The summed E-state index contributed by atoms with van der Waals surface area (Å²) >= 11 is 0. The first kappa shape index (κ1) is 18.5. The molecular formula is C20H27N3O3. The van der Waals surface area contributed by atoms with Crippen LogP contribution in [0.25, 0.3) is 11.5 Å². The zero-order valence-corrected chi connectivity index (χ0v) is 16.0. The van der Waals surface area contributed by atoms with Gasteiger partial charge in [0.15, 0.2) is 0 Å². The van der Waals surface area contributed by atoms with Crippen LogP contribution in [0.5, 0.6) is 0 Å². The number of hydrogen-bond acceptors (Lipinski definition) is 6. The third-order valence-corrected chi connectivity index (χ3v) is 5.77. The van der Waals surface area contributed by atoms with E-state index in [0.29, 0.717) is 28.4 Å². The Morgan fingerprint density at radius 2 is 1.96 bits per heavy atom. The molecule has 140 valence electrons. The summed E-state index contributed by atoms with van der Waals surface area (Å²) < 4.78 is 10.3. The molecule has 0 radical (unpaired) electrons. The number of carbonyl (C=O) groups is 1. The average Bonchev–Trinajstić information content (AvgIpc) is 3.15. The van der Waals surface area contributed by atoms with E-state index in [4.69, 9.17) is 4.52 Å². The van der Waals surface area contributed by atoms with Crippen LogP contribution >= 0.6 is 0 Å². The van der Waals surface area contributed by atoms with Crippen LogP contribution in [-0.2, 0) is 10.2 Å². The molecule has 0 bridgehead atoms. The number of nitrogens with zero attached hydrogens (tertiary/aromatic N) is 3. The van der Waals surface area contributed by atoms with Crippen molar-refractivity contribution in [1.82, 2.24) is 15.1 Å². The predicted octanol–water partition coefficient (Wildman–Crippen LogP) is 4.56. The fourth-order valence-corrected chi connectivity index (χ4v) is 3.81. The van der Waals surface area contributed by atoms with Crippen molar-refractivity contribution >= 4 is 5.97 Å². The second-order valence-electron chi connectivity index (χ2n) is 7.97. The minimum Gasteiger partial charge on any atom is -0.465 e. The van der Waals surface area contributed by atoms with Gasteiger partial charge in [0, 0.05) is 11.6 Å². The van der Waals surface area contributed by atoms with Crippen molar-refractivity contribution in [2.45, 2.75) is 64.7 Å². The number of pyridine rings is 1. The molecule has 6 heteroatoms. The molecule has 0 spiro atoms. The van der Waals surface area contributed by atoms with Crippen molar-refractivity contribution in [3.05, 3.63) is 29.8 Å². The lowest BCUT2D eigenvalue weighted by Crippen LogP contribution is -2.34. The van der Waals surface area contributed by atoms with E-state index in [1.807, 2.05) is 0 Å². The molecule has 1 saturated carbocycles. The highest BCUT2D eigenvalue weighted by molar-refractivity contribution is 5.89. The molecule has 0 N–H and O–H groups in total. The number of methoxy groups -OCH3 is 1. The Bertz CT molecular complexity index is 759. The quantitative estimate of drug-likeness (QED) is 0.730. The fraction of sp³-hybridized carbons (Fsp3) is 0.600. The zero-order valence-electron chi connectivity index (χ0n) is 16.0. The summed E-state index contributed by atoms with van der Waals surface area (Å²) in [5, 5.41) is 4.11. The standard InChI is InChI=1S/C20H27N3O3/c1-5-8-19(2)9-11-20(3,12-10-19)18-22-16(23-26-18)15-7-6-14(13-21-15)17(24)25-4/h6-7,13H,5,8-12H2,1-4H3. The Hall–Kier alpha value is -2.24. The maximum absolute atomic E-state index is 11.5. The highest BCUT2D eigenvalue weighted by Gasteiger charge is 2.41. The predicted molar refractivity (Wildman–Crippen MR) is 97.7 cm³/mol. The molecule has 1 aliphatic rings. The van der Waals surface area contributed by atoms with Crippen molar-refractivity contribution in [2.75, 3.05) is 7.11 Å². The molecule has 0 saturated heterocycles. The SMILES string of the molecule is CCCC1(C)CCC(C)(c2nc(-c3ccc(C(=O)OC)cn3)no2)CC1. The van der Waals surface area contributed by atoms with E-state index in [0.717, 1.165) is 12.8 Å². The highest BCUT2D eigenvalue weighted by Crippen LogP contribution is 2.48. The first-order chi connectivity index (χ1) is 12.4. The van der Waals surface area contributed by atoms with Gasteiger partial charge in [0.05, 0.1) is 12.7 Å². The highest BCUT2D eigenvalue weighted by atomic mass is 16.5. The van der Waals surface area contributed by atoms with E-state index in [2.05, 4.69) is 40.6 Å². The van der Waals surface area contributed by atoms with Gasteiger partial charge in [-0.3, -0.25) is 4.98 Å². The second-order valence-corrected chi connectivity index (χ2v) is 7.97. The second kappa shape index (κ2) is 7.17. The smallest absolute Gasteiger partial charge is 0.339 e. The number of rotatable bonds is 5. The number of ether oxygens (including phenoxy) is 1. The summed E-state index contributed by atoms with van der Waals surface area (Å²) in [6.07, 6.45) is 8.44. The van der Waals surface area contributed by atoms with Crippen LogP contribution in [0.15, 0.2) is 22.9 Å². The Labute approximate surface area is 154 Å². The lowest BCUT2D eigenvalue weighted by atomic mass is 9.63. The molecule has 3 rings (SSSR count). The molecule has 6 nitrogen and oxygen atoms in total. The van der Waals surface area contributed by atoms with E-state index in [9.17, 15) is 4.79 Å². The van der Waals surface area contributed by atoms with E-state index >= 15 is 0 Å². The van der Waals surface area contributed by atoms with Gasteiger partial charge in [0.2, 0.25) is 11.7 Å². The largest absolute Gasteiger partial charge is 0.465 e. The number of carbonyl (C=O) groups excluding carboxylic acids is 1. The first-order valence-corrected chi connectivity index (χ1v) is 9.28. The van der Waals surface area contributed by atoms with Gasteiger partial charge >= 0.3 is 5.97 Å². The van der Waals surface area contributed by atoms with Crippen molar-refractivity contribution in [1.29, 1.82) is 0 Å². The van der Waals surface area contributed by atoms with Crippen LogP contribution in [0, 0.1) is 5.41 Å². The van der Waals surface area contributed by atoms with Crippen LogP contribution in [0.4, 0.5) is 0 Å². The maximum Gasteiger partial charge on any atom is 0.339 e. The lowest BCUT2D eigenvalue weighted by molar-refractivity contribution is 0.0600. The average molecular weight is 357 g/mol. The summed E-state index contributed by atoms with van der Waals surface area (Å²) in [5.74, 6) is 0.729. The van der Waals surface area contributed by atoms with Gasteiger partial charge in [-0.25, -0.2) is 4.79 Å². The molecule has 0 aliphatic heterocycles. The van der Waals surface area contributed by atoms with Crippen molar-refractivity contribution in [3.63, 3.8) is 0 Å². The molecular weight excluding hydrogens is 330 g/mol. The third-order valence-electron chi connectivity index (χ3n) is 5.77. The minimum atomic E-state index is -0.414. The Morgan fingerprint density at radius 3 is 2.54 bits per heavy atom. The van der Waals surface area contributed by atoms with Crippen LogP contribution in [-0.4, -0.2) is 28.2 Å². The molecule has 2 heterocycles. The summed E-state index contributed by atoms with van der Waals surface area (Å²) in [6.45, 7) is 6.85. The molecule has 2 aromatic rings. The topological polar surface area (TPSA) is 78.1 Å². The number of hydrogen-bond donors (Lipinski definition) is 0. The molecule has 0 atom stereocenters. The minimum absolute atomic E-state index is 0.0789. The third kappa shape index (κ3) is 3.64. The van der Waals surface area contributed by atoms with Gasteiger partial charge in [0.1, 0.15) is 5.69 Å². The van der Waals surface area contributed by atoms with Crippen LogP contribution in [0.1, 0.15) is 75.5 Å². The summed E-state index contributed by atoms with van der Waals surface area (Å²) in [7, 11) is 1.35. The molecule has 0 unspecified atom stereocenters. The van der Waals surface area contributed by atoms with Crippen molar-refractivity contribution < 1.29 is 14.1 Å². The van der Waals surface area contributed by atoms with Gasteiger partial charge < -0.3 is 9.26 Å².